The highest BCUT2D eigenvalue weighted by Gasteiger charge is 2.37. The highest BCUT2D eigenvalue weighted by molar-refractivity contribution is 7.99. The fourth-order valence-electron chi connectivity index (χ4n) is 4.38. The molecule has 1 saturated carbocycles. The summed E-state index contributed by atoms with van der Waals surface area (Å²) in [6, 6.07) is 6.01. The fourth-order valence-corrected chi connectivity index (χ4v) is 7.19. The van der Waals surface area contributed by atoms with Gasteiger partial charge in [-0.05, 0) is 61.8 Å². The number of amides is 1. The zero-order chi connectivity index (χ0) is 23.0. The average molecular weight is 460 g/mol. The van der Waals surface area contributed by atoms with Crippen LogP contribution >= 0.6 is 0 Å². The third-order valence-electron chi connectivity index (χ3n) is 5.97. The lowest BCUT2D eigenvalue weighted by Gasteiger charge is -2.30. The molecule has 0 unspecified atom stereocenters. The van der Waals surface area contributed by atoms with Gasteiger partial charge >= 0.3 is 0 Å². The Morgan fingerprint density at radius 1 is 1.38 bits per heavy atom. The first kappa shape index (κ1) is 22.6. The van der Waals surface area contributed by atoms with Crippen LogP contribution in [0.4, 0.5) is 10.1 Å². The van der Waals surface area contributed by atoms with Gasteiger partial charge < -0.3 is 9.88 Å². The minimum atomic E-state index is -3.09. The predicted molar refractivity (Wildman–Crippen MR) is 123 cm³/mol. The maximum absolute atomic E-state index is 14.1. The largest absolute Gasteiger partial charge is 0.345 e. The number of aryl methyl sites for hydroxylation is 1. The lowest BCUT2D eigenvalue weighted by molar-refractivity contribution is 0.101. The summed E-state index contributed by atoms with van der Waals surface area (Å²) in [7, 11) is -1.33. The van der Waals surface area contributed by atoms with E-state index in [1.165, 1.54) is 12.1 Å². The van der Waals surface area contributed by atoms with E-state index in [9.17, 15) is 13.4 Å². The minimum absolute atomic E-state index is 0.0935. The fraction of sp³-hybridized carbons (Fsp3) is 0.478. The number of thiol groups is 1. The first-order chi connectivity index (χ1) is 15.2. The van der Waals surface area contributed by atoms with Gasteiger partial charge in [-0.25, -0.2) is 13.8 Å². The van der Waals surface area contributed by atoms with Gasteiger partial charge in [-0.1, -0.05) is 13.8 Å². The molecule has 1 aliphatic carbocycles. The summed E-state index contributed by atoms with van der Waals surface area (Å²) in [6.45, 7) is 4.30. The van der Waals surface area contributed by atoms with Gasteiger partial charge in [0.05, 0.1) is 10.5 Å². The first-order valence-corrected chi connectivity index (χ1v) is 12.8. The van der Waals surface area contributed by atoms with Gasteiger partial charge in [-0.15, -0.1) is 0 Å². The number of halogens is 1. The van der Waals surface area contributed by atoms with Crippen LogP contribution in [0.2, 0.25) is 0 Å². The van der Waals surface area contributed by atoms with Crippen LogP contribution in [0.25, 0.3) is 0 Å². The van der Waals surface area contributed by atoms with Gasteiger partial charge in [0.1, 0.15) is 17.6 Å². The van der Waals surface area contributed by atoms with Crippen molar-refractivity contribution in [3.8, 4) is 6.07 Å². The van der Waals surface area contributed by atoms with Crippen molar-refractivity contribution in [2.24, 2.45) is 13.0 Å². The number of nitriles is 1. The van der Waals surface area contributed by atoms with Gasteiger partial charge in [0, 0.05) is 41.3 Å². The van der Waals surface area contributed by atoms with Crippen molar-refractivity contribution in [1.29, 1.82) is 5.26 Å². The van der Waals surface area contributed by atoms with Crippen LogP contribution < -0.4 is 14.8 Å². The van der Waals surface area contributed by atoms with E-state index in [2.05, 4.69) is 28.6 Å². The van der Waals surface area contributed by atoms with Crippen molar-refractivity contribution in [1.82, 2.24) is 14.0 Å². The summed E-state index contributed by atoms with van der Waals surface area (Å²) < 4.78 is 36.3. The van der Waals surface area contributed by atoms with Gasteiger partial charge in [-0.3, -0.25) is 9.00 Å². The van der Waals surface area contributed by atoms with Crippen LogP contribution in [0, 0.1) is 23.1 Å². The minimum Gasteiger partial charge on any atom is -0.345 e. The van der Waals surface area contributed by atoms with Gasteiger partial charge in [-0.2, -0.15) is 5.26 Å². The highest BCUT2D eigenvalue weighted by Crippen LogP contribution is 2.34. The van der Waals surface area contributed by atoms with Gasteiger partial charge in [0.15, 0.2) is 0 Å². The molecule has 1 aromatic heterocycles. The summed E-state index contributed by atoms with van der Waals surface area (Å²) in [5.41, 5.74) is 1.43. The van der Waals surface area contributed by atoms with Crippen molar-refractivity contribution in [3.63, 3.8) is 0 Å². The molecule has 1 aromatic carbocycles. The van der Waals surface area contributed by atoms with E-state index in [0.29, 0.717) is 28.6 Å². The van der Waals surface area contributed by atoms with Gasteiger partial charge in [0.25, 0.3) is 5.91 Å². The van der Waals surface area contributed by atoms with E-state index in [4.69, 9.17) is 5.26 Å². The molecule has 1 amide bonds. The number of carbonyl (C=O) groups excluding carboxylic acids is 1. The number of nitrogens with zero attached hydrogens (tertiary/aromatic N) is 2. The molecule has 0 bridgehead atoms. The maximum Gasteiger partial charge on any atom is 0.272 e. The van der Waals surface area contributed by atoms with Crippen LogP contribution in [0.1, 0.15) is 61.1 Å². The molecule has 2 heterocycles. The third-order valence-corrected chi connectivity index (χ3v) is 8.49. The first-order valence-electron chi connectivity index (χ1n) is 11.1. The number of rotatable bonds is 6. The summed E-state index contributed by atoms with van der Waals surface area (Å²) in [5.74, 6) is -0.543. The number of fused-ring (bicyclic) bond motifs is 1. The number of anilines is 1. The molecule has 3 N–H and O–H groups in total. The highest BCUT2D eigenvalue weighted by atomic mass is 32.3. The van der Waals surface area contributed by atoms with Crippen molar-refractivity contribution < 1.29 is 13.4 Å². The molecule has 2 aliphatic rings. The lowest BCUT2D eigenvalue weighted by atomic mass is 9.98. The summed E-state index contributed by atoms with van der Waals surface area (Å²) in [4.78, 5) is 13.9. The van der Waals surface area contributed by atoms with Crippen molar-refractivity contribution in [3.05, 3.63) is 47.0 Å². The second-order valence-corrected chi connectivity index (χ2v) is 11.4. The molecular weight excluding hydrogens is 429 g/mol. The summed E-state index contributed by atoms with van der Waals surface area (Å²) >= 11 is 0. The molecule has 1 aliphatic heterocycles. The normalized spacial score (nSPS) is 20.8. The zero-order valence-electron chi connectivity index (χ0n) is 18.6. The van der Waals surface area contributed by atoms with Crippen molar-refractivity contribution in [2.75, 3.05) is 5.32 Å². The number of benzene rings is 1. The molecule has 1 fully saturated rings. The Labute approximate surface area is 189 Å². The second kappa shape index (κ2) is 8.77. The van der Waals surface area contributed by atoms with E-state index in [-0.39, 0.29) is 23.6 Å². The monoisotopic (exact) mass is 459 g/mol. The molecule has 0 saturated heterocycles. The Morgan fingerprint density at radius 2 is 2.12 bits per heavy atom. The Morgan fingerprint density at radius 3 is 2.78 bits per heavy atom. The number of hydrogen-bond donors (Lipinski definition) is 4. The third kappa shape index (κ3) is 4.63. The van der Waals surface area contributed by atoms with Crippen LogP contribution in [-0.4, -0.2) is 26.8 Å². The molecule has 9 heteroatoms. The van der Waals surface area contributed by atoms with E-state index >= 15 is 0 Å². The zero-order valence-corrected chi connectivity index (χ0v) is 19.5. The van der Waals surface area contributed by atoms with E-state index in [1.807, 2.05) is 0 Å². The Hall–Kier alpha value is -2.54. The Balaban J connectivity index is 1.68. The van der Waals surface area contributed by atoms with E-state index in [1.54, 1.807) is 23.9 Å². The standard InChI is InChI=1S/C23H30FN5O2S/c1-14(2)10-18-6-8-19-21(32(31,28-18)27-16-4-5-16)13-29(3)22(19)23(30)26-17-7-9-20(24)15(11-17)12-25/h7,9,11,13-14,16,18,32H,4-6,8,10H2,1-3H3,(H,26,30)(H2,27,28,31)/t18-/m1/s1. The molecular formula is C23H30FN5O2S. The maximum atomic E-state index is 14.1. The predicted octanol–water partition coefficient (Wildman–Crippen LogP) is 3.20. The lowest BCUT2D eigenvalue weighted by Crippen LogP contribution is -2.48. The molecule has 0 radical (unpaired) electrons. The quantitative estimate of drug-likeness (QED) is 0.499. The smallest absolute Gasteiger partial charge is 0.272 e. The van der Waals surface area contributed by atoms with Crippen LogP contribution in [0.15, 0.2) is 29.3 Å². The Kier molecular flexibility index (Phi) is 6.21. The number of aromatic nitrogens is 1. The molecule has 2 aromatic rings. The van der Waals surface area contributed by atoms with Crippen molar-refractivity contribution in [2.45, 2.75) is 62.9 Å². The summed E-state index contributed by atoms with van der Waals surface area (Å²) in [5, 5.41) is 11.8. The van der Waals surface area contributed by atoms with Gasteiger partial charge in [0.2, 0.25) is 0 Å². The summed E-state index contributed by atoms with van der Waals surface area (Å²) in [6.07, 6.45) is 6.11. The van der Waals surface area contributed by atoms with Crippen LogP contribution in [0.5, 0.6) is 0 Å². The van der Waals surface area contributed by atoms with E-state index < -0.39 is 16.1 Å². The number of nitrogens with one attached hydrogen (secondary N) is 3. The topological polar surface area (TPSA) is 99.0 Å². The average Bonchev–Trinajstić information content (AvgIpc) is 3.47. The number of carbonyl (C=O) groups is 1. The van der Waals surface area contributed by atoms with Crippen LogP contribution in [-0.2, 0) is 23.8 Å². The second-order valence-electron chi connectivity index (χ2n) is 9.22. The van der Waals surface area contributed by atoms with E-state index in [0.717, 1.165) is 37.3 Å². The molecule has 1 atom stereocenters. The molecule has 32 heavy (non-hydrogen) atoms. The van der Waals surface area contributed by atoms with Crippen LogP contribution in [0.3, 0.4) is 0 Å². The molecule has 0 spiro atoms. The number of hydrogen-bond acceptors (Lipinski definition) is 3. The SMILES string of the molecule is CC(C)C[C@H]1CCc2c(cn(C)c2C(=O)Nc2ccc(F)c(C#N)c2)[SH](=O)(NC2CC2)N1. The molecule has 7 nitrogen and oxygen atoms in total. The molecule has 172 valence electrons. The molecule has 4 rings (SSSR count). The Bertz CT molecular complexity index is 1130. The van der Waals surface area contributed by atoms with Crippen molar-refractivity contribution >= 4 is 21.9 Å².